The summed E-state index contributed by atoms with van der Waals surface area (Å²) in [5.74, 6) is -0.166. The molecule has 3 atom stereocenters. The molecule has 0 aromatic heterocycles. The SMILES string of the molecule is CCOC[C@@]1(N)[C@H](c2ccccc2)[C@@H]1S(C)(=O)=O. The Morgan fingerprint density at radius 3 is 2.44 bits per heavy atom. The molecule has 0 bridgehead atoms. The van der Waals surface area contributed by atoms with Gasteiger partial charge in [0.15, 0.2) is 9.84 Å². The summed E-state index contributed by atoms with van der Waals surface area (Å²) in [5, 5.41) is -0.543. The van der Waals surface area contributed by atoms with Crippen LogP contribution in [0.15, 0.2) is 30.3 Å². The smallest absolute Gasteiger partial charge is 0.152 e. The van der Waals surface area contributed by atoms with Gasteiger partial charge in [0.05, 0.1) is 17.4 Å². The Labute approximate surface area is 108 Å². The standard InChI is InChI=1S/C13H19NO3S/c1-3-17-9-13(14)11(12(13)18(2,15)16)10-7-5-4-6-8-10/h4-8,11-12H,3,9,14H2,1-2H3/t11-,12+,13-/m1/s1. The molecule has 0 radical (unpaired) electrons. The molecule has 0 aliphatic heterocycles. The molecule has 2 N–H and O–H groups in total. The number of hydrogen-bond donors (Lipinski definition) is 1. The number of hydrogen-bond acceptors (Lipinski definition) is 4. The van der Waals surface area contributed by atoms with Crippen LogP contribution >= 0.6 is 0 Å². The van der Waals surface area contributed by atoms with E-state index in [1.54, 1.807) is 0 Å². The molecule has 0 unspecified atom stereocenters. The van der Waals surface area contributed by atoms with Crippen molar-refractivity contribution in [2.75, 3.05) is 19.5 Å². The van der Waals surface area contributed by atoms with Crippen molar-refractivity contribution in [3.8, 4) is 0 Å². The summed E-state index contributed by atoms with van der Waals surface area (Å²) in [5.41, 5.74) is 6.42. The highest BCUT2D eigenvalue weighted by molar-refractivity contribution is 7.91. The third-order valence-electron chi connectivity index (χ3n) is 3.48. The first kappa shape index (κ1) is 13.5. The van der Waals surface area contributed by atoms with Crippen LogP contribution in [0.4, 0.5) is 0 Å². The second kappa shape index (κ2) is 4.64. The summed E-state index contributed by atoms with van der Waals surface area (Å²) in [6.07, 6.45) is 1.24. The van der Waals surface area contributed by atoms with E-state index in [-0.39, 0.29) is 12.5 Å². The van der Waals surface area contributed by atoms with Gasteiger partial charge in [-0.3, -0.25) is 0 Å². The molecule has 1 saturated carbocycles. The number of sulfone groups is 1. The second-order valence-corrected chi connectivity index (χ2v) is 7.05. The maximum Gasteiger partial charge on any atom is 0.152 e. The van der Waals surface area contributed by atoms with E-state index in [1.165, 1.54) is 6.26 Å². The summed E-state index contributed by atoms with van der Waals surface area (Å²) in [7, 11) is -3.17. The Morgan fingerprint density at radius 2 is 1.94 bits per heavy atom. The summed E-state index contributed by atoms with van der Waals surface area (Å²) in [6.45, 7) is 2.69. The Morgan fingerprint density at radius 1 is 1.33 bits per heavy atom. The molecule has 100 valence electrons. The zero-order valence-electron chi connectivity index (χ0n) is 10.7. The molecule has 1 aromatic carbocycles. The minimum Gasteiger partial charge on any atom is -0.380 e. The van der Waals surface area contributed by atoms with Gasteiger partial charge in [-0.2, -0.15) is 0 Å². The summed E-state index contributed by atoms with van der Waals surface area (Å²) >= 11 is 0. The van der Waals surface area contributed by atoms with Gasteiger partial charge in [-0.15, -0.1) is 0 Å². The predicted octanol–water partition coefficient (Wildman–Crippen LogP) is 0.931. The Kier molecular flexibility index (Phi) is 3.49. The van der Waals surface area contributed by atoms with Crippen molar-refractivity contribution in [3.63, 3.8) is 0 Å². The van der Waals surface area contributed by atoms with Crippen LogP contribution in [0.2, 0.25) is 0 Å². The molecule has 0 amide bonds. The molecule has 1 aliphatic carbocycles. The molecule has 5 heteroatoms. The minimum atomic E-state index is -3.17. The van der Waals surface area contributed by atoms with E-state index in [2.05, 4.69) is 0 Å². The lowest BCUT2D eigenvalue weighted by atomic mass is 10.1. The van der Waals surface area contributed by atoms with Crippen molar-refractivity contribution in [2.45, 2.75) is 23.6 Å². The summed E-state index contributed by atoms with van der Waals surface area (Å²) < 4.78 is 29.0. The van der Waals surface area contributed by atoms with Gasteiger partial charge >= 0.3 is 0 Å². The van der Waals surface area contributed by atoms with Crippen LogP contribution in [-0.4, -0.2) is 38.7 Å². The third kappa shape index (κ3) is 2.30. The van der Waals surface area contributed by atoms with E-state index in [1.807, 2.05) is 37.3 Å². The van der Waals surface area contributed by atoms with Crippen molar-refractivity contribution >= 4 is 9.84 Å². The fourth-order valence-corrected chi connectivity index (χ4v) is 4.50. The van der Waals surface area contributed by atoms with Crippen molar-refractivity contribution < 1.29 is 13.2 Å². The molecule has 2 rings (SSSR count). The highest BCUT2D eigenvalue weighted by Crippen LogP contribution is 2.53. The van der Waals surface area contributed by atoms with E-state index in [4.69, 9.17) is 10.5 Å². The first-order valence-electron chi connectivity index (χ1n) is 6.01. The largest absolute Gasteiger partial charge is 0.380 e. The van der Waals surface area contributed by atoms with E-state index in [0.29, 0.717) is 6.61 Å². The van der Waals surface area contributed by atoms with Gasteiger partial charge in [-0.05, 0) is 12.5 Å². The molecule has 18 heavy (non-hydrogen) atoms. The molecule has 0 heterocycles. The lowest BCUT2D eigenvalue weighted by molar-refractivity contribution is 0.125. The highest BCUT2D eigenvalue weighted by Gasteiger charge is 2.67. The summed E-state index contributed by atoms with van der Waals surface area (Å²) in [6, 6.07) is 9.54. The number of nitrogens with two attached hydrogens (primary N) is 1. The number of benzene rings is 1. The average Bonchev–Trinajstić information content (AvgIpc) is 2.95. The maximum atomic E-state index is 11.8. The van der Waals surface area contributed by atoms with Crippen LogP contribution in [0.1, 0.15) is 18.4 Å². The molecule has 0 spiro atoms. The molecule has 1 fully saturated rings. The van der Waals surface area contributed by atoms with Crippen molar-refractivity contribution in [1.82, 2.24) is 0 Å². The van der Waals surface area contributed by atoms with Gasteiger partial charge in [0.2, 0.25) is 0 Å². The molecular weight excluding hydrogens is 250 g/mol. The number of ether oxygens (including phenoxy) is 1. The van der Waals surface area contributed by atoms with E-state index in [9.17, 15) is 8.42 Å². The van der Waals surface area contributed by atoms with Crippen LogP contribution < -0.4 is 5.73 Å². The van der Waals surface area contributed by atoms with Gasteiger partial charge < -0.3 is 10.5 Å². The lowest BCUT2D eigenvalue weighted by Crippen LogP contribution is -2.36. The molecular formula is C13H19NO3S. The normalized spacial score (nSPS) is 31.3. The average molecular weight is 269 g/mol. The van der Waals surface area contributed by atoms with E-state index < -0.39 is 20.6 Å². The fourth-order valence-electron chi connectivity index (χ4n) is 2.66. The van der Waals surface area contributed by atoms with Crippen LogP contribution in [0.3, 0.4) is 0 Å². The molecule has 0 saturated heterocycles. The quantitative estimate of drug-likeness (QED) is 0.863. The van der Waals surface area contributed by atoms with Crippen LogP contribution in [-0.2, 0) is 14.6 Å². The third-order valence-corrected chi connectivity index (χ3v) is 5.11. The molecule has 4 nitrogen and oxygen atoms in total. The first-order chi connectivity index (χ1) is 8.41. The van der Waals surface area contributed by atoms with Crippen LogP contribution in [0, 0.1) is 0 Å². The molecule has 1 aromatic rings. The van der Waals surface area contributed by atoms with Crippen molar-refractivity contribution in [2.24, 2.45) is 5.73 Å². The molecule has 1 aliphatic rings. The monoisotopic (exact) mass is 269 g/mol. The lowest BCUT2D eigenvalue weighted by Gasteiger charge is -2.11. The first-order valence-corrected chi connectivity index (χ1v) is 7.97. The predicted molar refractivity (Wildman–Crippen MR) is 71.2 cm³/mol. The fraction of sp³-hybridized carbons (Fsp3) is 0.538. The second-order valence-electron chi connectivity index (χ2n) is 4.89. The van der Waals surface area contributed by atoms with Crippen LogP contribution in [0.25, 0.3) is 0 Å². The Bertz CT molecular complexity index is 514. The van der Waals surface area contributed by atoms with Crippen molar-refractivity contribution in [3.05, 3.63) is 35.9 Å². The Balaban J connectivity index is 2.29. The zero-order valence-corrected chi connectivity index (χ0v) is 11.5. The van der Waals surface area contributed by atoms with Gasteiger partial charge in [0, 0.05) is 18.8 Å². The van der Waals surface area contributed by atoms with Gasteiger partial charge in [0.1, 0.15) is 0 Å². The number of rotatable bonds is 5. The van der Waals surface area contributed by atoms with Gasteiger partial charge in [-0.25, -0.2) is 8.42 Å². The highest BCUT2D eigenvalue weighted by atomic mass is 32.2. The van der Waals surface area contributed by atoms with Gasteiger partial charge in [-0.1, -0.05) is 30.3 Å². The topological polar surface area (TPSA) is 69.4 Å². The summed E-state index contributed by atoms with van der Waals surface area (Å²) in [4.78, 5) is 0. The van der Waals surface area contributed by atoms with Crippen molar-refractivity contribution in [1.29, 1.82) is 0 Å². The van der Waals surface area contributed by atoms with E-state index in [0.717, 1.165) is 5.56 Å². The zero-order chi connectivity index (χ0) is 13.4. The Hall–Kier alpha value is -0.910. The maximum absolute atomic E-state index is 11.8. The van der Waals surface area contributed by atoms with Crippen LogP contribution in [0.5, 0.6) is 0 Å². The minimum absolute atomic E-state index is 0.166. The van der Waals surface area contributed by atoms with Gasteiger partial charge in [0.25, 0.3) is 0 Å². The van der Waals surface area contributed by atoms with E-state index >= 15 is 0 Å².